The summed E-state index contributed by atoms with van der Waals surface area (Å²) in [5, 5.41) is 1.65. The maximum atomic E-state index is 12.6. The van der Waals surface area contributed by atoms with Gasteiger partial charge in [-0.1, -0.05) is 0 Å². The molecule has 2 heterocycles. The van der Waals surface area contributed by atoms with E-state index in [1.54, 1.807) is 12.3 Å². The summed E-state index contributed by atoms with van der Waals surface area (Å²) in [6.07, 6.45) is 1.27. The van der Waals surface area contributed by atoms with Crippen LogP contribution in [0.1, 0.15) is 35.0 Å². The Hall–Kier alpha value is -0.960. The number of carbonyl (C=O) groups excluding carboxylic acids is 1. The van der Waals surface area contributed by atoms with Gasteiger partial charge in [0, 0.05) is 12.6 Å². The Bertz CT molecular complexity index is 623. The van der Waals surface area contributed by atoms with Gasteiger partial charge in [-0.15, -0.1) is 11.3 Å². The highest BCUT2D eigenvalue weighted by molar-refractivity contribution is 7.89. The first kappa shape index (κ1) is 16.4. The van der Waals surface area contributed by atoms with E-state index in [0.29, 0.717) is 25.0 Å². The van der Waals surface area contributed by atoms with Gasteiger partial charge in [0.1, 0.15) is 9.77 Å². The highest BCUT2D eigenvalue weighted by Gasteiger charge is 2.31. The molecule has 0 radical (unpaired) electrons. The normalized spacial score (nSPS) is 23.0. The largest absolute Gasteiger partial charge is 0.465 e. The van der Waals surface area contributed by atoms with Crippen LogP contribution in [0.25, 0.3) is 0 Å². The molecule has 0 amide bonds. The van der Waals surface area contributed by atoms with E-state index >= 15 is 0 Å². The van der Waals surface area contributed by atoms with Crippen molar-refractivity contribution in [1.29, 1.82) is 0 Å². The molecule has 1 saturated heterocycles. The average Bonchev–Trinajstić information content (AvgIpc) is 2.80. The van der Waals surface area contributed by atoms with Crippen molar-refractivity contribution >= 4 is 27.3 Å². The molecule has 21 heavy (non-hydrogen) atoms. The number of ether oxygens (including phenoxy) is 2. The van der Waals surface area contributed by atoms with Crippen molar-refractivity contribution in [2.45, 2.75) is 43.7 Å². The lowest BCUT2D eigenvalue weighted by Crippen LogP contribution is -2.41. The van der Waals surface area contributed by atoms with E-state index < -0.39 is 16.0 Å². The molecule has 1 aromatic rings. The van der Waals surface area contributed by atoms with Crippen molar-refractivity contribution in [2.75, 3.05) is 13.7 Å². The van der Waals surface area contributed by atoms with Crippen molar-refractivity contribution in [3.05, 3.63) is 15.8 Å². The summed E-state index contributed by atoms with van der Waals surface area (Å²) in [6, 6.07) is -0.177. The van der Waals surface area contributed by atoms with Gasteiger partial charge in [0.2, 0.25) is 10.0 Å². The minimum atomic E-state index is -3.75. The lowest BCUT2D eigenvalue weighted by molar-refractivity contribution is 0.0173. The van der Waals surface area contributed by atoms with Crippen LogP contribution in [0.4, 0.5) is 0 Å². The Morgan fingerprint density at radius 2 is 2.24 bits per heavy atom. The number of sulfonamides is 1. The van der Waals surface area contributed by atoms with Crippen LogP contribution in [0.2, 0.25) is 0 Å². The zero-order chi connectivity index (χ0) is 15.6. The first-order valence-corrected chi connectivity index (χ1v) is 9.01. The summed E-state index contributed by atoms with van der Waals surface area (Å²) in [6.45, 7) is 4.11. The van der Waals surface area contributed by atoms with Gasteiger partial charge in [-0.25, -0.2) is 17.9 Å². The zero-order valence-corrected chi connectivity index (χ0v) is 13.8. The van der Waals surface area contributed by atoms with Crippen LogP contribution in [0.3, 0.4) is 0 Å². The summed E-state index contributed by atoms with van der Waals surface area (Å²) < 4.78 is 37.9. The molecule has 2 atom stereocenters. The van der Waals surface area contributed by atoms with Gasteiger partial charge in [0.25, 0.3) is 0 Å². The van der Waals surface area contributed by atoms with Gasteiger partial charge in [-0.05, 0) is 37.6 Å². The van der Waals surface area contributed by atoms with Gasteiger partial charge >= 0.3 is 5.97 Å². The van der Waals surface area contributed by atoms with E-state index in [2.05, 4.69) is 9.46 Å². The van der Waals surface area contributed by atoms with Crippen LogP contribution in [-0.2, 0) is 19.5 Å². The Morgan fingerprint density at radius 1 is 1.52 bits per heavy atom. The quantitative estimate of drug-likeness (QED) is 0.848. The second kappa shape index (κ2) is 6.43. The minimum Gasteiger partial charge on any atom is -0.465 e. The molecule has 1 fully saturated rings. The number of thiophene rings is 1. The van der Waals surface area contributed by atoms with Crippen LogP contribution >= 0.6 is 11.3 Å². The lowest BCUT2D eigenvalue weighted by Gasteiger charge is -2.27. The van der Waals surface area contributed by atoms with Gasteiger partial charge < -0.3 is 9.47 Å². The molecule has 1 aromatic heterocycles. The fourth-order valence-electron chi connectivity index (χ4n) is 2.38. The van der Waals surface area contributed by atoms with Crippen molar-refractivity contribution in [1.82, 2.24) is 4.72 Å². The summed E-state index contributed by atoms with van der Waals surface area (Å²) >= 11 is 1.08. The van der Waals surface area contributed by atoms with Crippen molar-refractivity contribution in [2.24, 2.45) is 0 Å². The van der Waals surface area contributed by atoms with Crippen LogP contribution in [-0.4, -0.2) is 40.2 Å². The smallest absolute Gasteiger partial charge is 0.349 e. The van der Waals surface area contributed by atoms with E-state index in [1.165, 1.54) is 7.11 Å². The Morgan fingerprint density at radius 3 is 2.86 bits per heavy atom. The molecule has 118 valence electrons. The highest BCUT2D eigenvalue weighted by atomic mass is 32.2. The highest BCUT2D eigenvalue weighted by Crippen LogP contribution is 2.28. The lowest BCUT2D eigenvalue weighted by atomic mass is 10.1. The summed E-state index contributed by atoms with van der Waals surface area (Å²) in [4.78, 5) is 11.9. The molecular formula is C13H19NO5S2. The molecule has 2 unspecified atom stereocenters. The molecule has 0 saturated carbocycles. The van der Waals surface area contributed by atoms with E-state index in [9.17, 15) is 13.2 Å². The standard InChI is InChI=1S/C13H19NO5S2/c1-8-7-20-11(13(15)18-3)12(8)21(16,17)14-10-4-5-19-9(2)6-10/h7,9-10,14H,4-6H2,1-3H3. The first-order chi connectivity index (χ1) is 9.85. The predicted molar refractivity (Wildman–Crippen MR) is 79.2 cm³/mol. The number of rotatable bonds is 4. The van der Waals surface area contributed by atoms with E-state index in [0.717, 1.165) is 11.3 Å². The van der Waals surface area contributed by atoms with Crippen LogP contribution in [0, 0.1) is 6.92 Å². The summed E-state index contributed by atoms with van der Waals surface area (Å²) in [5.74, 6) is -0.631. The molecule has 1 aliphatic heterocycles. The van der Waals surface area contributed by atoms with E-state index in [-0.39, 0.29) is 21.9 Å². The number of hydrogen-bond acceptors (Lipinski definition) is 6. The van der Waals surface area contributed by atoms with Gasteiger partial charge in [-0.3, -0.25) is 0 Å². The van der Waals surface area contributed by atoms with Gasteiger partial charge in [-0.2, -0.15) is 0 Å². The molecule has 8 heteroatoms. The Labute approximate surface area is 128 Å². The Kier molecular flexibility index (Phi) is 5.03. The third-order valence-corrected chi connectivity index (χ3v) is 6.28. The molecule has 0 aliphatic carbocycles. The van der Waals surface area contributed by atoms with Crippen molar-refractivity contribution in [3.63, 3.8) is 0 Å². The maximum Gasteiger partial charge on any atom is 0.349 e. The van der Waals surface area contributed by atoms with Gasteiger partial charge in [0.15, 0.2) is 0 Å². The number of carbonyl (C=O) groups is 1. The van der Waals surface area contributed by atoms with Crippen LogP contribution in [0.5, 0.6) is 0 Å². The molecule has 2 rings (SSSR count). The Balaban J connectivity index is 2.27. The number of hydrogen-bond donors (Lipinski definition) is 1. The summed E-state index contributed by atoms with van der Waals surface area (Å²) in [7, 11) is -2.51. The van der Waals surface area contributed by atoms with Crippen LogP contribution in [0.15, 0.2) is 10.3 Å². The maximum absolute atomic E-state index is 12.6. The molecule has 1 aliphatic rings. The van der Waals surface area contributed by atoms with Crippen LogP contribution < -0.4 is 4.72 Å². The number of nitrogens with one attached hydrogen (secondary N) is 1. The monoisotopic (exact) mass is 333 g/mol. The molecule has 0 spiro atoms. The number of esters is 1. The topological polar surface area (TPSA) is 81.7 Å². The molecule has 0 bridgehead atoms. The summed E-state index contributed by atoms with van der Waals surface area (Å²) in [5.41, 5.74) is 0.549. The molecular weight excluding hydrogens is 314 g/mol. The number of aryl methyl sites for hydroxylation is 1. The molecule has 6 nitrogen and oxygen atoms in total. The van der Waals surface area contributed by atoms with E-state index in [1.807, 2.05) is 6.92 Å². The molecule has 0 aromatic carbocycles. The average molecular weight is 333 g/mol. The van der Waals surface area contributed by atoms with Crippen molar-refractivity contribution < 1.29 is 22.7 Å². The molecule has 1 N–H and O–H groups in total. The van der Waals surface area contributed by atoms with Gasteiger partial charge in [0.05, 0.1) is 13.2 Å². The van der Waals surface area contributed by atoms with E-state index in [4.69, 9.17) is 4.74 Å². The predicted octanol–water partition coefficient (Wildman–Crippen LogP) is 1.69. The second-order valence-corrected chi connectivity index (χ2v) is 7.62. The third-order valence-electron chi connectivity index (χ3n) is 3.36. The first-order valence-electron chi connectivity index (χ1n) is 6.65. The fraction of sp³-hybridized carbons (Fsp3) is 0.615. The SMILES string of the molecule is COC(=O)c1scc(C)c1S(=O)(=O)NC1CCOC(C)C1. The second-order valence-electron chi connectivity index (χ2n) is 5.09. The number of methoxy groups -OCH3 is 1. The third kappa shape index (κ3) is 3.63. The fourth-order valence-corrected chi connectivity index (χ4v) is 5.37. The van der Waals surface area contributed by atoms with Crippen molar-refractivity contribution in [3.8, 4) is 0 Å². The minimum absolute atomic E-state index is 0.0232. The zero-order valence-electron chi connectivity index (χ0n) is 12.2.